The first-order valence-electron chi connectivity index (χ1n) is 4.25. The second-order valence-corrected chi connectivity index (χ2v) is 4.11. The normalized spacial score (nSPS) is 10.7. The van der Waals surface area contributed by atoms with Gasteiger partial charge in [-0.1, -0.05) is 0 Å². The van der Waals surface area contributed by atoms with Gasteiger partial charge in [0.2, 0.25) is 0 Å². The van der Waals surface area contributed by atoms with Crippen molar-refractivity contribution in [1.29, 1.82) is 0 Å². The van der Waals surface area contributed by atoms with Crippen LogP contribution in [0, 0.1) is 13.8 Å². The van der Waals surface area contributed by atoms with Gasteiger partial charge in [0.15, 0.2) is 0 Å². The van der Waals surface area contributed by atoms with Gasteiger partial charge in [-0.25, -0.2) is 0 Å². The molecule has 0 atom stereocenters. The fraction of sp³-hybridized carbons (Fsp3) is 0.273. The lowest BCUT2D eigenvalue weighted by atomic mass is 10.1. The van der Waals surface area contributed by atoms with Crippen LogP contribution in [-0.4, -0.2) is 7.11 Å². The summed E-state index contributed by atoms with van der Waals surface area (Å²) in [6.07, 6.45) is 0. The maximum Gasteiger partial charge on any atom is 0.126 e. The number of methoxy groups -OCH3 is 1. The Morgan fingerprint density at radius 3 is 2.77 bits per heavy atom. The van der Waals surface area contributed by atoms with Gasteiger partial charge in [0, 0.05) is 10.3 Å². The van der Waals surface area contributed by atoms with Crippen LogP contribution in [0.4, 0.5) is 0 Å². The Balaban J connectivity index is 2.85. The Kier molecular flexibility index (Phi) is 2.00. The van der Waals surface area contributed by atoms with E-state index in [0.717, 1.165) is 5.75 Å². The standard InChI is InChI=1S/C11H12OS/c1-7-6-9-4-5-13-11(9)8(2)10(7)12-3/h4-6H,1-3H3. The van der Waals surface area contributed by atoms with Crippen molar-refractivity contribution < 1.29 is 4.74 Å². The molecule has 0 bridgehead atoms. The molecular formula is C11H12OS. The van der Waals surface area contributed by atoms with Gasteiger partial charge in [-0.05, 0) is 42.3 Å². The number of thiophene rings is 1. The van der Waals surface area contributed by atoms with Crippen LogP contribution in [0.1, 0.15) is 11.1 Å². The highest BCUT2D eigenvalue weighted by Gasteiger charge is 2.07. The molecule has 0 unspecified atom stereocenters. The third kappa shape index (κ3) is 1.22. The van der Waals surface area contributed by atoms with E-state index in [1.54, 1.807) is 18.4 Å². The predicted octanol–water partition coefficient (Wildman–Crippen LogP) is 3.53. The molecular weight excluding hydrogens is 180 g/mol. The average Bonchev–Trinajstić information content (AvgIpc) is 2.53. The molecule has 0 aliphatic rings. The molecule has 0 aliphatic heterocycles. The highest BCUT2D eigenvalue weighted by atomic mass is 32.1. The smallest absolute Gasteiger partial charge is 0.126 e. The van der Waals surface area contributed by atoms with Gasteiger partial charge in [0.05, 0.1) is 7.11 Å². The van der Waals surface area contributed by atoms with E-state index in [1.807, 2.05) is 0 Å². The molecule has 1 heterocycles. The van der Waals surface area contributed by atoms with Crippen molar-refractivity contribution in [3.63, 3.8) is 0 Å². The van der Waals surface area contributed by atoms with Crippen LogP contribution in [0.15, 0.2) is 17.5 Å². The lowest BCUT2D eigenvalue weighted by Gasteiger charge is -2.08. The summed E-state index contributed by atoms with van der Waals surface area (Å²) in [6.45, 7) is 4.20. The summed E-state index contributed by atoms with van der Waals surface area (Å²) in [6, 6.07) is 4.33. The number of benzene rings is 1. The Bertz CT molecular complexity index is 443. The maximum absolute atomic E-state index is 5.36. The molecule has 0 fully saturated rings. The zero-order valence-electron chi connectivity index (χ0n) is 8.05. The van der Waals surface area contributed by atoms with E-state index < -0.39 is 0 Å². The molecule has 2 rings (SSSR count). The van der Waals surface area contributed by atoms with Crippen molar-refractivity contribution in [2.45, 2.75) is 13.8 Å². The fourth-order valence-corrected chi connectivity index (χ4v) is 2.63. The van der Waals surface area contributed by atoms with Crippen molar-refractivity contribution >= 4 is 21.4 Å². The Morgan fingerprint density at radius 1 is 1.31 bits per heavy atom. The zero-order chi connectivity index (χ0) is 9.42. The molecule has 0 N–H and O–H groups in total. The zero-order valence-corrected chi connectivity index (χ0v) is 8.87. The predicted molar refractivity (Wildman–Crippen MR) is 57.9 cm³/mol. The number of hydrogen-bond acceptors (Lipinski definition) is 2. The summed E-state index contributed by atoms with van der Waals surface area (Å²) < 4.78 is 6.70. The molecule has 0 amide bonds. The second kappa shape index (κ2) is 3.04. The molecule has 1 aromatic carbocycles. The Morgan fingerprint density at radius 2 is 2.08 bits per heavy atom. The van der Waals surface area contributed by atoms with Crippen molar-refractivity contribution in [1.82, 2.24) is 0 Å². The highest BCUT2D eigenvalue weighted by Crippen LogP contribution is 2.33. The minimum Gasteiger partial charge on any atom is -0.496 e. The van der Waals surface area contributed by atoms with Gasteiger partial charge in [0.25, 0.3) is 0 Å². The molecule has 0 spiro atoms. The molecule has 0 radical (unpaired) electrons. The molecule has 2 aromatic rings. The molecule has 0 saturated heterocycles. The summed E-state index contributed by atoms with van der Waals surface area (Å²) in [5.41, 5.74) is 2.47. The first kappa shape index (κ1) is 8.57. The molecule has 1 aromatic heterocycles. The summed E-state index contributed by atoms with van der Waals surface area (Å²) in [5.74, 6) is 1.02. The quantitative estimate of drug-likeness (QED) is 0.671. The lowest BCUT2D eigenvalue weighted by Crippen LogP contribution is -1.90. The maximum atomic E-state index is 5.36. The Hall–Kier alpha value is -1.02. The Labute approximate surface area is 82.0 Å². The van der Waals surface area contributed by atoms with Crippen LogP contribution in [0.5, 0.6) is 5.75 Å². The largest absolute Gasteiger partial charge is 0.496 e. The first-order chi connectivity index (χ1) is 6.24. The first-order valence-corrected chi connectivity index (χ1v) is 5.13. The minimum absolute atomic E-state index is 1.02. The highest BCUT2D eigenvalue weighted by molar-refractivity contribution is 7.17. The third-order valence-corrected chi connectivity index (χ3v) is 3.36. The third-order valence-electron chi connectivity index (χ3n) is 2.31. The van der Waals surface area contributed by atoms with Crippen molar-refractivity contribution in [2.75, 3.05) is 7.11 Å². The van der Waals surface area contributed by atoms with Gasteiger partial charge >= 0.3 is 0 Å². The summed E-state index contributed by atoms with van der Waals surface area (Å²) in [5, 5.41) is 3.44. The van der Waals surface area contributed by atoms with E-state index in [0.29, 0.717) is 0 Å². The summed E-state index contributed by atoms with van der Waals surface area (Å²) in [4.78, 5) is 0. The number of aryl methyl sites for hydroxylation is 2. The molecule has 1 nitrogen and oxygen atoms in total. The molecule has 68 valence electrons. The van der Waals surface area contributed by atoms with Gasteiger partial charge in [0.1, 0.15) is 5.75 Å². The van der Waals surface area contributed by atoms with Crippen LogP contribution in [0.3, 0.4) is 0 Å². The van der Waals surface area contributed by atoms with Gasteiger partial charge < -0.3 is 4.74 Å². The van der Waals surface area contributed by atoms with Gasteiger partial charge in [-0.15, -0.1) is 11.3 Å². The van der Waals surface area contributed by atoms with Crippen LogP contribution >= 0.6 is 11.3 Å². The van der Waals surface area contributed by atoms with Crippen LogP contribution in [-0.2, 0) is 0 Å². The van der Waals surface area contributed by atoms with E-state index >= 15 is 0 Å². The average molecular weight is 192 g/mol. The van der Waals surface area contributed by atoms with E-state index in [4.69, 9.17) is 4.74 Å². The number of fused-ring (bicyclic) bond motifs is 1. The lowest BCUT2D eigenvalue weighted by molar-refractivity contribution is 0.409. The summed E-state index contributed by atoms with van der Waals surface area (Å²) in [7, 11) is 1.73. The van der Waals surface area contributed by atoms with E-state index in [1.165, 1.54) is 21.2 Å². The van der Waals surface area contributed by atoms with E-state index in [9.17, 15) is 0 Å². The van der Waals surface area contributed by atoms with E-state index in [2.05, 4.69) is 31.4 Å². The number of rotatable bonds is 1. The van der Waals surface area contributed by atoms with Crippen molar-refractivity contribution in [3.8, 4) is 5.75 Å². The van der Waals surface area contributed by atoms with Crippen LogP contribution in [0.2, 0.25) is 0 Å². The summed E-state index contributed by atoms with van der Waals surface area (Å²) >= 11 is 1.77. The topological polar surface area (TPSA) is 9.23 Å². The van der Waals surface area contributed by atoms with Crippen molar-refractivity contribution in [3.05, 3.63) is 28.6 Å². The molecule has 0 saturated carbocycles. The van der Waals surface area contributed by atoms with Crippen LogP contribution < -0.4 is 4.74 Å². The molecule has 2 heteroatoms. The number of ether oxygens (including phenoxy) is 1. The van der Waals surface area contributed by atoms with Crippen molar-refractivity contribution in [2.24, 2.45) is 0 Å². The second-order valence-electron chi connectivity index (χ2n) is 3.19. The fourth-order valence-electron chi connectivity index (χ4n) is 1.75. The van der Waals surface area contributed by atoms with Gasteiger partial charge in [-0.3, -0.25) is 0 Å². The molecule has 13 heavy (non-hydrogen) atoms. The van der Waals surface area contributed by atoms with Crippen LogP contribution in [0.25, 0.3) is 10.1 Å². The molecule has 0 aliphatic carbocycles. The SMILES string of the molecule is COc1c(C)cc2ccsc2c1C. The van der Waals surface area contributed by atoms with E-state index in [-0.39, 0.29) is 0 Å². The monoisotopic (exact) mass is 192 g/mol. The minimum atomic E-state index is 1.02. The van der Waals surface area contributed by atoms with Gasteiger partial charge in [-0.2, -0.15) is 0 Å². The number of hydrogen-bond donors (Lipinski definition) is 0.